The van der Waals surface area contributed by atoms with Crippen molar-refractivity contribution >= 4 is 11.8 Å². The molecule has 1 unspecified atom stereocenters. The zero-order chi connectivity index (χ0) is 8.81. The minimum atomic E-state index is 0.0186. The van der Waals surface area contributed by atoms with E-state index in [1.54, 1.807) is 0 Å². The van der Waals surface area contributed by atoms with Gasteiger partial charge in [0.05, 0.1) is 0 Å². The maximum atomic E-state index is 8.57. The van der Waals surface area contributed by atoms with Crippen LogP contribution < -0.4 is 5.73 Å². The highest BCUT2D eigenvalue weighted by molar-refractivity contribution is 7.99. The van der Waals surface area contributed by atoms with Gasteiger partial charge in [-0.3, -0.25) is 5.10 Å². The zero-order valence-electron chi connectivity index (χ0n) is 6.60. The highest BCUT2D eigenvalue weighted by Crippen LogP contribution is 2.11. The highest BCUT2D eigenvalue weighted by Gasteiger charge is 2.03. The van der Waals surface area contributed by atoms with Crippen molar-refractivity contribution in [1.82, 2.24) is 15.2 Å². The molecule has 1 aromatic heterocycles. The number of aromatic nitrogens is 3. The second-order valence-corrected chi connectivity index (χ2v) is 3.38. The molecule has 0 saturated carbocycles. The molecule has 68 valence electrons. The van der Waals surface area contributed by atoms with Gasteiger partial charge < -0.3 is 10.8 Å². The average molecular weight is 188 g/mol. The molecule has 0 bridgehead atoms. The summed E-state index contributed by atoms with van der Waals surface area (Å²) in [5, 5.41) is 15.8. The van der Waals surface area contributed by atoms with Crippen LogP contribution >= 0.6 is 11.8 Å². The first kappa shape index (κ1) is 9.50. The predicted molar refractivity (Wildman–Crippen MR) is 46.8 cm³/mol. The van der Waals surface area contributed by atoms with Crippen LogP contribution in [0.4, 0.5) is 0 Å². The number of nitrogens with two attached hydrogens (primary N) is 1. The van der Waals surface area contributed by atoms with E-state index in [0.717, 1.165) is 10.9 Å². The summed E-state index contributed by atoms with van der Waals surface area (Å²) in [6.45, 7) is 0.137. The molecule has 0 aliphatic heterocycles. The molecule has 6 heteroatoms. The lowest BCUT2D eigenvalue weighted by atomic mass is 10.3. The number of aliphatic hydroxyl groups is 1. The number of nitrogens with one attached hydrogen (secondary N) is 1. The second kappa shape index (κ2) is 5.13. The third-order valence-corrected chi connectivity index (χ3v) is 2.39. The molecule has 0 aliphatic rings. The van der Waals surface area contributed by atoms with Gasteiger partial charge >= 0.3 is 0 Å². The van der Waals surface area contributed by atoms with Gasteiger partial charge in [0, 0.05) is 18.4 Å². The van der Waals surface area contributed by atoms with Crippen molar-refractivity contribution in [3.8, 4) is 0 Å². The summed E-state index contributed by atoms with van der Waals surface area (Å²) in [7, 11) is 0. The van der Waals surface area contributed by atoms with E-state index in [1.807, 2.05) is 0 Å². The Hall–Kier alpha value is -0.590. The molecule has 0 radical (unpaired) electrons. The quantitative estimate of drug-likeness (QED) is 0.547. The maximum absolute atomic E-state index is 8.57. The lowest BCUT2D eigenvalue weighted by Crippen LogP contribution is -2.23. The van der Waals surface area contributed by atoms with E-state index in [4.69, 9.17) is 10.8 Å². The Morgan fingerprint density at radius 2 is 2.58 bits per heavy atom. The van der Waals surface area contributed by atoms with E-state index in [2.05, 4.69) is 15.2 Å². The van der Waals surface area contributed by atoms with E-state index in [0.29, 0.717) is 6.42 Å². The Balaban J connectivity index is 2.17. The fourth-order valence-electron chi connectivity index (χ4n) is 0.699. The van der Waals surface area contributed by atoms with Crippen LogP contribution in [0.25, 0.3) is 0 Å². The smallest absolute Gasteiger partial charge is 0.183 e. The molecule has 1 rings (SSSR count). The average Bonchev–Trinajstić information content (AvgIpc) is 2.53. The second-order valence-electron chi connectivity index (χ2n) is 2.37. The van der Waals surface area contributed by atoms with Gasteiger partial charge in [-0.2, -0.15) is 5.10 Å². The van der Waals surface area contributed by atoms with Crippen LogP contribution in [0.2, 0.25) is 0 Å². The summed E-state index contributed by atoms with van der Waals surface area (Å²) >= 11 is 1.51. The molecular weight excluding hydrogens is 176 g/mol. The van der Waals surface area contributed by atoms with Crippen molar-refractivity contribution in [2.45, 2.75) is 17.6 Å². The minimum absolute atomic E-state index is 0.0186. The number of H-pyrrole nitrogens is 1. The van der Waals surface area contributed by atoms with Crippen LogP contribution in [-0.4, -0.2) is 38.7 Å². The van der Waals surface area contributed by atoms with Gasteiger partial charge in [0.25, 0.3) is 0 Å². The van der Waals surface area contributed by atoms with Crippen molar-refractivity contribution in [3.05, 3.63) is 6.33 Å². The molecule has 12 heavy (non-hydrogen) atoms. The van der Waals surface area contributed by atoms with E-state index in [-0.39, 0.29) is 12.6 Å². The molecule has 0 amide bonds. The summed E-state index contributed by atoms with van der Waals surface area (Å²) in [5.41, 5.74) is 5.66. The third-order valence-electron chi connectivity index (χ3n) is 1.33. The number of thioether (sulfide) groups is 1. The number of nitrogens with zero attached hydrogens (tertiary/aromatic N) is 2. The zero-order valence-corrected chi connectivity index (χ0v) is 7.42. The minimum Gasteiger partial charge on any atom is -0.396 e. The Morgan fingerprint density at radius 1 is 1.75 bits per heavy atom. The normalized spacial score (nSPS) is 13.2. The van der Waals surface area contributed by atoms with Crippen LogP contribution in [0.3, 0.4) is 0 Å². The third kappa shape index (κ3) is 3.21. The van der Waals surface area contributed by atoms with Gasteiger partial charge in [-0.05, 0) is 6.42 Å². The van der Waals surface area contributed by atoms with Gasteiger partial charge in [0.1, 0.15) is 6.33 Å². The summed E-state index contributed by atoms with van der Waals surface area (Å²) in [6, 6.07) is 0.0186. The molecule has 1 heterocycles. The molecular formula is C6H12N4OS. The van der Waals surface area contributed by atoms with Crippen LogP contribution in [-0.2, 0) is 0 Å². The van der Waals surface area contributed by atoms with Crippen LogP contribution in [0.15, 0.2) is 11.5 Å². The van der Waals surface area contributed by atoms with E-state index < -0.39 is 0 Å². The van der Waals surface area contributed by atoms with Gasteiger partial charge in [-0.15, -0.1) is 0 Å². The number of rotatable bonds is 5. The first-order chi connectivity index (χ1) is 5.83. The Labute approximate surface area is 74.8 Å². The summed E-state index contributed by atoms with van der Waals surface area (Å²) in [5.74, 6) is 0.746. The van der Waals surface area contributed by atoms with Crippen molar-refractivity contribution < 1.29 is 5.11 Å². The van der Waals surface area contributed by atoms with Gasteiger partial charge in [-0.1, -0.05) is 11.8 Å². The Kier molecular flexibility index (Phi) is 4.06. The summed E-state index contributed by atoms with van der Waals surface area (Å²) in [6.07, 6.45) is 2.08. The topological polar surface area (TPSA) is 87.8 Å². The number of hydrogen-bond donors (Lipinski definition) is 3. The molecule has 1 aromatic rings. The van der Waals surface area contributed by atoms with Crippen LogP contribution in [0, 0.1) is 0 Å². The van der Waals surface area contributed by atoms with Crippen molar-refractivity contribution in [3.63, 3.8) is 0 Å². The fraction of sp³-hybridized carbons (Fsp3) is 0.667. The molecule has 0 spiro atoms. The van der Waals surface area contributed by atoms with Crippen molar-refractivity contribution in [2.75, 3.05) is 12.4 Å². The number of aliphatic hydroxyl groups excluding tert-OH is 1. The predicted octanol–water partition coefficient (Wildman–Crippen LogP) is -0.394. The number of aromatic amines is 1. The largest absolute Gasteiger partial charge is 0.396 e. The molecule has 0 aliphatic carbocycles. The summed E-state index contributed by atoms with van der Waals surface area (Å²) in [4.78, 5) is 3.93. The molecule has 4 N–H and O–H groups in total. The number of hydrogen-bond acceptors (Lipinski definition) is 5. The van der Waals surface area contributed by atoms with Crippen molar-refractivity contribution in [2.24, 2.45) is 5.73 Å². The molecule has 5 nitrogen and oxygen atoms in total. The first-order valence-corrected chi connectivity index (χ1v) is 4.66. The molecule has 0 aromatic carbocycles. The maximum Gasteiger partial charge on any atom is 0.183 e. The standard InChI is InChI=1S/C6H12N4OS/c7-5(1-2-11)3-12-6-8-4-9-10-6/h4-5,11H,1-3,7H2,(H,8,9,10). The highest BCUT2D eigenvalue weighted by atomic mass is 32.2. The lowest BCUT2D eigenvalue weighted by molar-refractivity contribution is 0.279. The van der Waals surface area contributed by atoms with Crippen LogP contribution in [0.1, 0.15) is 6.42 Å². The molecule has 1 atom stereocenters. The van der Waals surface area contributed by atoms with Gasteiger partial charge in [-0.25, -0.2) is 4.98 Å². The Bertz CT molecular complexity index is 203. The fourth-order valence-corrected chi connectivity index (χ4v) is 1.48. The van der Waals surface area contributed by atoms with E-state index in [9.17, 15) is 0 Å². The summed E-state index contributed by atoms with van der Waals surface area (Å²) < 4.78 is 0. The molecule has 0 saturated heterocycles. The monoisotopic (exact) mass is 188 g/mol. The van der Waals surface area contributed by atoms with E-state index >= 15 is 0 Å². The van der Waals surface area contributed by atoms with Crippen LogP contribution in [0.5, 0.6) is 0 Å². The SMILES string of the molecule is NC(CCO)CSc1ncn[nH]1. The van der Waals surface area contributed by atoms with Gasteiger partial charge in [0.15, 0.2) is 5.16 Å². The Morgan fingerprint density at radius 3 is 3.17 bits per heavy atom. The first-order valence-electron chi connectivity index (χ1n) is 3.67. The van der Waals surface area contributed by atoms with E-state index in [1.165, 1.54) is 18.1 Å². The van der Waals surface area contributed by atoms with Gasteiger partial charge in [0.2, 0.25) is 0 Å². The van der Waals surface area contributed by atoms with Crippen molar-refractivity contribution in [1.29, 1.82) is 0 Å². The molecule has 0 fully saturated rings. The lowest BCUT2D eigenvalue weighted by Gasteiger charge is -2.06.